The zero-order valence-electron chi connectivity index (χ0n) is 9.27. The summed E-state index contributed by atoms with van der Waals surface area (Å²) in [6.07, 6.45) is 0. The van der Waals surface area contributed by atoms with Crippen LogP contribution in [0.1, 0.15) is 11.1 Å². The van der Waals surface area contributed by atoms with Gasteiger partial charge in [0, 0.05) is 5.39 Å². The van der Waals surface area contributed by atoms with E-state index in [2.05, 4.69) is 4.98 Å². The van der Waals surface area contributed by atoms with E-state index in [0.717, 1.165) is 11.1 Å². The van der Waals surface area contributed by atoms with Crippen molar-refractivity contribution in [3.8, 4) is 5.75 Å². The van der Waals surface area contributed by atoms with Crippen LogP contribution >= 0.6 is 0 Å². The van der Waals surface area contributed by atoms with Crippen LogP contribution in [0.2, 0.25) is 0 Å². The number of nitrogens with zero attached hydrogens (tertiary/aromatic N) is 1. The van der Waals surface area contributed by atoms with Gasteiger partial charge in [-0.1, -0.05) is 6.07 Å². The molecule has 0 atom stereocenters. The first-order valence-corrected chi connectivity index (χ1v) is 4.93. The van der Waals surface area contributed by atoms with Crippen molar-refractivity contribution in [1.29, 1.82) is 0 Å². The topological polar surface area (TPSA) is 96.2 Å². The highest BCUT2D eigenvalue weighted by molar-refractivity contribution is 5.90. The molecule has 2 aromatic rings. The van der Waals surface area contributed by atoms with Crippen LogP contribution in [0.3, 0.4) is 0 Å². The molecular formula is C11H10N2O4. The quantitative estimate of drug-likeness (QED) is 0.580. The molecule has 0 aliphatic rings. The molecule has 88 valence electrons. The van der Waals surface area contributed by atoms with Gasteiger partial charge >= 0.3 is 11.2 Å². The second-order valence-electron chi connectivity index (χ2n) is 3.84. The number of aromatic nitrogens is 1. The zero-order chi connectivity index (χ0) is 12.7. The smallest absolute Gasteiger partial charge is 0.375 e. The van der Waals surface area contributed by atoms with Crippen molar-refractivity contribution in [3.05, 3.63) is 43.7 Å². The molecule has 0 aliphatic carbocycles. The van der Waals surface area contributed by atoms with E-state index in [4.69, 9.17) is 0 Å². The first kappa shape index (κ1) is 11.1. The van der Waals surface area contributed by atoms with Crippen LogP contribution in [0.5, 0.6) is 5.75 Å². The number of hydrogen-bond donors (Lipinski definition) is 2. The molecule has 2 N–H and O–H groups in total. The number of aromatic hydroxyl groups is 1. The minimum atomic E-state index is -0.895. The highest BCUT2D eigenvalue weighted by Gasteiger charge is 2.22. The maximum atomic E-state index is 11.5. The summed E-state index contributed by atoms with van der Waals surface area (Å²) in [7, 11) is 0. The fourth-order valence-electron chi connectivity index (χ4n) is 1.75. The van der Waals surface area contributed by atoms with Gasteiger partial charge in [0.15, 0.2) is 0 Å². The van der Waals surface area contributed by atoms with Crippen LogP contribution in [0.25, 0.3) is 10.9 Å². The molecule has 0 bridgehead atoms. The molecule has 0 unspecified atom stereocenters. The fourth-order valence-corrected chi connectivity index (χ4v) is 1.75. The van der Waals surface area contributed by atoms with E-state index in [-0.39, 0.29) is 5.39 Å². The largest absolute Gasteiger partial charge is 0.501 e. The molecule has 2 rings (SSSR count). The number of benzene rings is 1. The van der Waals surface area contributed by atoms with Gasteiger partial charge in [-0.15, -0.1) is 0 Å². The molecule has 1 aromatic heterocycles. The van der Waals surface area contributed by atoms with Crippen molar-refractivity contribution in [1.82, 2.24) is 4.98 Å². The molecule has 1 heterocycles. The third-order valence-electron chi connectivity index (χ3n) is 2.85. The second kappa shape index (κ2) is 3.58. The van der Waals surface area contributed by atoms with Crippen molar-refractivity contribution in [2.75, 3.05) is 0 Å². The lowest BCUT2D eigenvalue weighted by Crippen LogP contribution is -2.12. The first-order chi connectivity index (χ1) is 7.93. The number of H-pyrrole nitrogens is 1. The van der Waals surface area contributed by atoms with E-state index in [1.165, 1.54) is 0 Å². The highest BCUT2D eigenvalue weighted by Crippen LogP contribution is 2.31. The Hall–Kier alpha value is -2.37. The van der Waals surface area contributed by atoms with Crippen molar-refractivity contribution in [3.63, 3.8) is 0 Å². The molecule has 6 nitrogen and oxygen atoms in total. The van der Waals surface area contributed by atoms with E-state index in [1.807, 2.05) is 6.92 Å². The van der Waals surface area contributed by atoms with Gasteiger partial charge in [-0.2, -0.15) is 0 Å². The summed E-state index contributed by atoms with van der Waals surface area (Å²) in [6, 6.07) is 3.29. The standard InChI is InChI=1S/C11H10N2O4/c1-5-3-4-7-8(6(5)2)12-11(15)9(10(7)14)13(16)17/h3-4H,1-2H3,(H2,12,14,15). The Morgan fingerprint density at radius 2 is 2.00 bits per heavy atom. The van der Waals surface area contributed by atoms with E-state index < -0.39 is 21.9 Å². The lowest BCUT2D eigenvalue weighted by Gasteiger charge is -2.06. The Morgan fingerprint density at radius 1 is 1.35 bits per heavy atom. The average Bonchev–Trinajstić information content (AvgIpc) is 2.23. The van der Waals surface area contributed by atoms with Crippen LogP contribution in [0.15, 0.2) is 16.9 Å². The monoisotopic (exact) mass is 234 g/mol. The summed E-state index contributed by atoms with van der Waals surface area (Å²) >= 11 is 0. The van der Waals surface area contributed by atoms with E-state index in [1.54, 1.807) is 19.1 Å². The summed E-state index contributed by atoms with van der Waals surface area (Å²) < 4.78 is 0. The van der Waals surface area contributed by atoms with Crippen LogP contribution in [0, 0.1) is 24.0 Å². The Kier molecular flexibility index (Phi) is 2.35. The molecule has 0 spiro atoms. The second-order valence-corrected chi connectivity index (χ2v) is 3.84. The Labute approximate surface area is 95.7 Å². The maximum absolute atomic E-state index is 11.5. The number of fused-ring (bicyclic) bond motifs is 1. The summed E-state index contributed by atoms with van der Waals surface area (Å²) in [5.74, 6) is -0.586. The van der Waals surface area contributed by atoms with Gasteiger partial charge < -0.3 is 10.1 Å². The Bertz CT molecular complexity index is 688. The minimum Gasteiger partial charge on any atom is -0.501 e. The van der Waals surface area contributed by atoms with Gasteiger partial charge in [-0.25, -0.2) is 0 Å². The van der Waals surface area contributed by atoms with Gasteiger partial charge in [0.2, 0.25) is 5.75 Å². The van der Waals surface area contributed by atoms with Crippen LogP contribution in [0.4, 0.5) is 5.69 Å². The number of pyridine rings is 1. The van der Waals surface area contributed by atoms with Gasteiger partial charge in [0.1, 0.15) is 0 Å². The third-order valence-corrected chi connectivity index (χ3v) is 2.85. The van der Waals surface area contributed by atoms with Crippen molar-refractivity contribution in [2.24, 2.45) is 0 Å². The van der Waals surface area contributed by atoms with Gasteiger partial charge in [0.05, 0.1) is 10.4 Å². The molecular weight excluding hydrogens is 224 g/mol. The van der Waals surface area contributed by atoms with Crippen molar-refractivity contribution < 1.29 is 10.0 Å². The number of aromatic amines is 1. The van der Waals surface area contributed by atoms with Gasteiger partial charge in [-0.3, -0.25) is 14.9 Å². The number of rotatable bonds is 1. The third kappa shape index (κ3) is 1.54. The van der Waals surface area contributed by atoms with Crippen LogP contribution < -0.4 is 5.56 Å². The lowest BCUT2D eigenvalue weighted by molar-refractivity contribution is -0.387. The van der Waals surface area contributed by atoms with Gasteiger partial charge in [0.25, 0.3) is 0 Å². The van der Waals surface area contributed by atoms with Crippen molar-refractivity contribution >= 4 is 16.6 Å². The number of hydrogen-bond acceptors (Lipinski definition) is 4. The minimum absolute atomic E-state index is 0.277. The van der Waals surface area contributed by atoms with Crippen LogP contribution in [-0.2, 0) is 0 Å². The Balaban J connectivity index is 3.01. The summed E-state index contributed by atoms with van der Waals surface area (Å²) in [5.41, 5.74) is 0.429. The normalized spacial score (nSPS) is 10.7. The average molecular weight is 234 g/mol. The maximum Gasteiger partial charge on any atom is 0.375 e. The molecule has 1 aromatic carbocycles. The Morgan fingerprint density at radius 3 is 2.59 bits per heavy atom. The zero-order valence-corrected chi connectivity index (χ0v) is 9.27. The summed E-state index contributed by atoms with van der Waals surface area (Å²) in [4.78, 5) is 23.7. The predicted molar refractivity (Wildman–Crippen MR) is 62.4 cm³/mol. The number of nitro groups is 1. The SMILES string of the molecule is Cc1ccc2c(O)c([N+](=O)[O-])c(=O)[nH]c2c1C. The molecule has 0 aliphatic heterocycles. The molecule has 0 fully saturated rings. The molecule has 6 heteroatoms. The summed E-state index contributed by atoms with van der Waals surface area (Å²) in [5, 5.41) is 20.7. The molecule has 0 radical (unpaired) electrons. The molecule has 0 saturated heterocycles. The summed E-state index contributed by atoms with van der Waals surface area (Å²) in [6.45, 7) is 3.63. The van der Waals surface area contributed by atoms with Gasteiger partial charge in [-0.05, 0) is 31.0 Å². The number of aryl methyl sites for hydroxylation is 2. The lowest BCUT2D eigenvalue weighted by atomic mass is 10.0. The van der Waals surface area contributed by atoms with E-state index >= 15 is 0 Å². The molecule has 17 heavy (non-hydrogen) atoms. The molecule has 0 saturated carbocycles. The fraction of sp³-hybridized carbons (Fsp3) is 0.182. The van der Waals surface area contributed by atoms with E-state index in [0.29, 0.717) is 5.52 Å². The first-order valence-electron chi connectivity index (χ1n) is 4.93. The van der Waals surface area contributed by atoms with E-state index in [9.17, 15) is 20.0 Å². The number of nitrogens with one attached hydrogen (secondary N) is 1. The highest BCUT2D eigenvalue weighted by atomic mass is 16.6. The van der Waals surface area contributed by atoms with Crippen LogP contribution in [-0.4, -0.2) is 15.0 Å². The predicted octanol–water partition coefficient (Wildman–Crippen LogP) is 1.76. The molecule has 0 amide bonds. The van der Waals surface area contributed by atoms with Crippen molar-refractivity contribution in [2.45, 2.75) is 13.8 Å².